The van der Waals surface area contributed by atoms with Crippen molar-refractivity contribution >= 4 is 5.97 Å². The van der Waals surface area contributed by atoms with Crippen molar-refractivity contribution in [2.24, 2.45) is 5.92 Å². The Morgan fingerprint density at radius 3 is 2.63 bits per heavy atom. The molecule has 1 saturated carbocycles. The molecule has 0 saturated heterocycles. The molecule has 1 aromatic carbocycles. The number of ether oxygens (including phenoxy) is 2. The van der Waals surface area contributed by atoms with Crippen LogP contribution in [0.3, 0.4) is 0 Å². The number of carbonyl (C=O) groups excluding carboxylic acids is 1. The van der Waals surface area contributed by atoms with E-state index >= 15 is 0 Å². The molecule has 0 bridgehead atoms. The smallest absolute Gasteiger partial charge is 0.306 e. The summed E-state index contributed by atoms with van der Waals surface area (Å²) in [5.74, 6) is -1.79. The highest BCUT2D eigenvalue weighted by molar-refractivity contribution is 5.69. The van der Waals surface area contributed by atoms with Crippen LogP contribution in [0.2, 0.25) is 0 Å². The number of halogens is 2. The lowest BCUT2D eigenvalue weighted by Gasteiger charge is -2.28. The molecular weight excluding hydrogens is 354 g/mol. The summed E-state index contributed by atoms with van der Waals surface area (Å²) < 4.78 is 39.6. The van der Waals surface area contributed by atoms with Gasteiger partial charge >= 0.3 is 5.97 Å². The Morgan fingerprint density at radius 1 is 1.26 bits per heavy atom. The minimum atomic E-state index is -1.08. The van der Waals surface area contributed by atoms with E-state index in [1.807, 2.05) is 0 Å². The molecule has 1 fully saturated rings. The van der Waals surface area contributed by atoms with Crippen LogP contribution in [-0.4, -0.2) is 23.3 Å². The molecule has 3 rings (SSSR count). The van der Waals surface area contributed by atoms with E-state index in [-0.39, 0.29) is 35.9 Å². The molecule has 1 heterocycles. The fraction of sp³-hybridized carbons (Fsp3) is 0.667. The molecule has 2 unspecified atom stereocenters. The van der Waals surface area contributed by atoms with Gasteiger partial charge in [-0.05, 0) is 69.4 Å². The van der Waals surface area contributed by atoms with Gasteiger partial charge in [0.25, 0.3) is 0 Å². The van der Waals surface area contributed by atoms with Crippen molar-refractivity contribution < 1.29 is 28.2 Å². The van der Waals surface area contributed by atoms with Crippen LogP contribution in [0.25, 0.3) is 0 Å². The highest BCUT2D eigenvalue weighted by atomic mass is 19.2. The predicted octanol–water partition coefficient (Wildman–Crippen LogP) is 4.61. The molecule has 1 N–H and O–H groups in total. The maximum Gasteiger partial charge on any atom is 0.306 e. The summed E-state index contributed by atoms with van der Waals surface area (Å²) in [6.45, 7) is 3.61. The average Bonchev–Trinajstić information content (AvgIpc) is 2.64. The molecule has 6 heteroatoms. The maximum atomic E-state index is 14.3. The van der Waals surface area contributed by atoms with Gasteiger partial charge in [0.05, 0.1) is 12.2 Å². The molecule has 0 radical (unpaired) electrons. The van der Waals surface area contributed by atoms with Gasteiger partial charge in [0, 0.05) is 12.0 Å². The lowest BCUT2D eigenvalue weighted by atomic mass is 9.89. The summed E-state index contributed by atoms with van der Waals surface area (Å²) in [4.78, 5) is 12.1. The molecule has 0 amide bonds. The summed E-state index contributed by atoms with van der Waals surface area (Å²) >= 11 is 0. The maximum absolute atomic E-state index is 14.3. The fourth-order valence-electron chi connectivity index (χ4n) is 3.92. The first-order valence-electron chi connectivity index (χ1n) is 9.90. The van der Waals surface area contributed by atoms with Crippen LogP contribution in [0.15, 0.2) is 6.07 Å². The third-order valence-electron chi connectivity index (χ3n) is 5.67. The van der Waals surface area contributed by atoms with Gasteiger partial charge in [-0.25, -0.2) is 4.39 Å². The van der Waals surface area contributed by atoms with Crippen LogP contribution in [0.1, 0.15) is 76.0 Å². The van der Waals surface area contributed by atoms with E-state index in [2.05, 4.69) is 6.92 Å². The van der Waals surface area contributed by atoms with E-state index in [0.29, 0.717) is 30.7 Å². The van der Waals surface area contributed by atoms with E-state index in [0.717, 1.165) is 25.7 Å². The third kappa shape index (κ3) is 4.78. The molecule has 0 spiro atoms. The minimum Gasteiger partial charge on any atom is -0.487 e. The molecule has 1 aromatic rings. The van der Waals surface area contributed by atoms with Crippen molar-refractivity contribution in [2.45, 2.75) is 83.5 Å². The highest BCUT2D eigenvalue weighted by Gasteiger charge is 2.29. The van der Waals surface area contributed by atoms with Gasteiger partial charge in [0.15, 0.2) is 11.6 Å². The Labute approximate surface area is 158 Å². The minimum absolute atomic E-state index is 0.00660. The molecule has 2 aliphatic rings. The van der Waals surface area contributed by atoms with E-state index in [1.165, 1.54) is 13.0 Å². The topological polar surface area (TPSA) is 55.8 Å². The largest absolute Gasteiger partial charge is 0.487 e. The van der Waals surface area contributed by atoms with Crippen molar-refractivity contribution in [2.75, 3.05) is 0 Å². The van der Waals surface area contributed by atoms with Gasteiger partial charge in [-0.1, -0.05) is 6.92 Å². The zero-order chi connectivity index (χ0) is 19.6. The summed E-state index contributed by atoms with van der Waals surface area (Å²) in [6.07, 6.45) is 4.34. The number of hydrogen-bond donors (Lipinski definition) is 1. The normalized spacial score (nSPS) is 26.0. The third-order valence-corrected chi connectivity index (χ3v) is 5.67. The Bertz CT molecular complexity index is 681. The Balaban J connectivity index is 1.54. The monoisotopic (exact) mass is 382 g/mol. The first-order chi connectivity index (χ1) is 12.8. The number of benzene rings is 1. The molecular formula is C21H28F2O4. The first-order valence-corrected chi connectivity index (χ1v) is 9.90. The van der Waals surface area contributed by atoms with E-state index in [4.69, 9.17) is 9.47 Å². The summed E-state index contributed by atoms with van der Waals surface area (Å²) in [7, 11) is 0. The second kappa shape index (κ2) is 8.55. The number of esters is 1. The van der Waals surface area contributed by atoms with Gasteiger partial charge < -0.3 is 14.6 Å². The van der Waals surface area contributed by atoms with Crippen molar-refractivity contribution in [3.8, 4) is 5.75 Å². The number of aliphatic hydroxyl groups is 1. The SMILES string of the molecule is CC1CCC(OC(=O)CCC2CCc3cc(C(C)O)c(F)c(F)c3O2)CC1. The zero-order valence-corrected chi connectivity index (χ0v) is 16.0. The summed E-state index contributed by atoms with van der Waals surface area (Å²) in [6, 6.07) is 1.47. The number of rotatable bonds is 5. The van der Waals surface area contributed by atoms with Crippen LogP contribution in [0.5, 0.6) is 5.75 Å². The second-order valence-corrected chi connectivity index (χ2v) is 7.95. The molecule has 150 valence electrons. The first kappa shape index (κ1) is 20.1. The quantitative estimate of drug-likeness (QED) is 0.756. The van der Waals surface area contributed by atoms with Gasteiger partial charge in [0.2, 0.25) is 5.82 Å². The van der Waals surface area contributed by atoms with Crippen molar-refractivity contribution in [1.82, 2.24) is 0 Å². The Hall–Kier alpha value is -1.69. The van der Waals surface area contributed by atoms with Crippen LogP contribution in [0.4, 0.5) is 8.78 Å². The van der Waals surface area contributed by atoms with Gasteiger partial charge in [-0.15, -0.1) is 0 Å². The number of hydrogen-bond acceptors (Lipinski definition) is 4. The van der Waals surface area contributed by atoms with Crippen LogP contribution >= 0.6 is 0 Å². The molecule has 2 atom stereocenters. The number of fused-ring (bicyclic) bond motifs is 1. The summed E-state index contributed by atoms with van der Waals surface area (Å²) in [5, 5.41) is 9.58. The van der Waals surface area contributed by atoms with Crippen LogP contribution in [0, 0.1) is 17.6 Å². The predicted molar refractivity (Wildman–Crippen MR) is 96.5 cm³/mol. The van der Waals surface area contributed by atoms with Gasteiger partial charge in [-0.3, -0.25) is 4.79 Å². The highest BCUT2D eigenvalue weighted by Crippen LogP contribution is 2.36. The summed E-state index contributed by atoms with van der Waals surface area (Å²) in [5.41, 5.74) is 0.499. The van der Waals surface area contributed by atoms with Gasteiger partial charge in [0.1, 0.15) is 6.10 Å². The van der Waals surface area contributed by atoms with E-state index in [9.17, 15) is 18.7 Å². The molecule has 1 aliphatic carbocycles. The zero-order valence-electron chi connectivity index (χ0n) is 16.0. The molecule has 0 aromatic heterocycles. The Kier molecular flexibility index (Phi) is 6.35. The lowest BCUT2D eigenvalue weighted by Crippen LogP contribution is -2.27. The average molecular weight is 382 g/mol. The molecule has 1 aliphatic heterocycles. The second-order valence-electron chi connectivity index (χ2n) is 7.95. The lowest BCUT2D eigenvalue weighted by molar-refractivity contribution is -0.151. The van der Waals surface area contributed by atoms with E-state index in [1.54, 1.807) is 0 Å². The van der Waals surface area contributed by atoms with Crippen LogP contribution in [-0.2, 0) is 16.0 Å². The fourth-order valence-corrected chi connectivity index (χ4v) is 3.92. The Morgan fingerprint density at radius 2 is 1.96 bits per heavy atom. The molecule has 4 nitrogen and oxygen atoms in total. The van der Waals surface area contributed by atoms with Crippen molar-refractivity contribution in [1.29, 1.82) is 0 Å². The molecule has 27 heavy (non-hydrogen) atoms. The van der Waals surface area contributed by atoms with Crippen LogP contribution < -0.4 is 4.74 Å². The van der Waals surface area contributed by atoms with Gasteiger partial charge in [-0.2, -0.15) is 4.39 Å². The standard InChI is InChI=1S/C21H28F2O4/c1-12-3-6-15(7-4-12)26-18(25)10-9-16-8-5-14-11-17(13(2)24)19(22)20(23)21(14)27-16/h11-13,15-16,24H,3-10H2,1-2H3. The number of aryl methyl sites for hydroxylation is 1. The number of aliphatic hydroxyl groups excluding tert-OH is 1. The van der Waals surface area contributed by atoms with Crippen molar-refractivity contribution in [3.63, 3.8) is 0 Å². The number of carbonyl (C=O) groups is 1. The van der Waals surface area contributed by atoms with Crippen molar-refractivity contribution in [3.05, 3.63) is 28.8 Å². The van der Waals surface area contributed by atoms with E-state index < -0.39 is 17.7 Å².